The number of benzene rings is 1. The molecule has 0 bridgehead atoms. The lowest BCUT2D eigenvalue weighted by Crippen LogP contribution is -2.29. The monoisotopic (exact) mass is 257 g/mol. The lowest BCUT2D eigenvalue weighted by molar-refractivity contribution is 0.0942. The molecule has 0 spiro atoms. The number of amides is 1. The van der Waals surface area contributed by atoms with Gasteiger partial charge < -0.3 is 10.4 Å². The van der Waals surface area contributed by atoms with E-state index < -0.39 is 0 Å². The van der Waals surface area contributed by atoms with E-state index in [1.165, 1.54) is 30.0 Å². The number of thioether (sulfide) groups is 1. The molecular formula is C12H16FNO2S. The summed E-state index contributed by atoms with van der Waals surface area (Å²) in [4.78, 5) is 12.2. The fourth-order valence-electron chi connectivity index (χ4n) is 1.23. The average Bonchev–Trinajstić information content (AvgIpc) is 2.35. The number of aliphatic hydroxyl groups is 1. The topological polar surface area (TPSA) is 49.3 Å². The second-order valence-electron chi connectivity index (χ2n) is 3.85. The molecule has 0 aliphatic rings. The summed E-state index contributed by atoms with van der Waals surface area (Å²) in [7, 11) is 0. The Labute approximate surface area is 104 Å². The minimum atomic E-state index is -0.322. The van der Waals surface area contributed by atoms with E-state index in [2.05, 4.69) is 5.32 Å². The highest BCUT2D eigenvalue weighted by molar-refractivity contribution is 7.98. The molecule has 1 amide bonds. The van der Waals surface area contributed by atoms with E-state index in [-0.39, 0.29) is 24.2 Å². The molecule has 3 nitrogen and oxygen atoms in total. The minimum absolute atomic E-state index is 0.0134. The molecule has 1 aromatic rings. The summed E-state index contributed by atoms with van der Waals surface area (Å²) in [6.45, 7) is 2.26. The molecule has 1 aromatic carbocycles. The molecule has 0 saturated heterocycles. The Morgan fingerprint density at radius 2 is 2.29 bits per heavy atom. The lowest BCUT2D eigenvalue weighted by Gasteiger charge is -2.10. The summed E-state index contributed by atoms with van der Waals surface area (Å²) in [6.07, 6.45) is 1.76. The van der Waals surface area contributed by atoms with Crippen molar-refractivity contribution in [2.75, 3.05) is 19.4 Å². The van der Waals surface area contributed by atoms with Gasteiger partial charge in [0.1, 0.15) is 5.82 Å². The zero-order chi connectivity index (χ0) is 12.8. The van der Waals surface area contributed by atoms with Crippen molar-refractivity contribution in [3.8, 4) is 0 Å². The molecule has 1 atom stereocenters. The van der Waals surface area contributed by atoms with E-state index in [1.54, 1.807) is 6.26 Å². The fraction of sp³-hybridized carbons (Fsp3) is 0.417. The van der Waals surface area contributed by atoms with Gasteiger partial charge in [0.15, 0.2) is 0 Å². The Bertz CT molecular complexity index is 398. The smallest absolute Gasteiger partial charge is 0.251 e. The first kappa shape index (κ1) is 14.0. The van der Waals surface area contributed by atoms with E-state index >= 15 is 0 Å². The van der Waals surface area contributed by atoms with Crippen LogP contribution in [0.15, 0.2) is 23.1 Å². The van der Waals surface area contributed by atoms with Crippen LogP contribution in [0, 0.1) is 11.7 Å². The molecule has 1 unspecified atom stereocenters. The number of halogens is 1. The van der Waals surface area contributed by atoms with Crippen LogP contribution in [0.25, 0.3) is 0 Å². The largest absolute Gasteiger partial charge is 0.396 e. The number of hydrogen-bond donors (Lipinski definition) is 2. The summed E-state index contributed by atoms with van der Waals surface area (Å²) >= 11 is 1.26. The Balaban J connectivity index is 2.69. The maximum absolute atomic E-state index is 13.2. The Morgan fingerprint density at radius 1 is 1.59 bits per heavy atom. The number of rotatable bonds is 5. The minimum Gasteiger partial charge on any atom is -0.396 e. The van der Waals surface area contributed by atoms with Crippen LogP contribution in [0.3, 0.4) is 0 Å². The van der Waals surface area contributed by atoms with Gasteiger partial charge in [0, 0.05) is 23.6 Å². The van der Waals surface area contributed by atoms with Crippen LogP contribution < -0.4 is 5.32 Å². The third-order valence-corrected chi connectivity index (χ3v) is 3.09. The first-order valence-corrected chi connectivity index (χ1v) is 6.53. The van der Waals surface area contributed by atoms with Crippen molar-refractivity contribution in [1.29, 1.82) is 0 Å². The number of aliphatic hydroxyl groups excluding tert-OH is 1. The highest BCUT2D eigenvalue weighted by Crippen LogP contribution is 2.20. The van der Waals surface area contributed by atoms with Crippen LogP contribution in [-0.2, 0) is 0 Å². The molecule has 0 radical (unpaired) electrons. The SMILES string of the molecule is CSc1cc(C(=O)NCC(C)CO)ccc1F. The van der Waals surface area contributed by atoms with Crippen molar-refractivity contribution in [1.82, 2.24) is 5.32 Å². The summed E-state index contributed by atoms with van der Waals surface area (Å²) in [6, 6.07) is 4.27. The molecule has 0 aliphatic heterocycles. The van der Waals surface area contributed by atoms with Crippen LogP contribution in [-0.4, -0.2) is 30.4 Å². The van der Waals surface area contributed by atoms with Gasteiger partial charge in [-0.15, -0.1) is 11.8 Å². The van der Waals surface area contributed by atoms with Gasteiger partial charge in [-0.1, -0.05) is 6.92 Å². The van der Waals surface area contributed by atoms with Gasteiger partial charge in [-0.3, -0.25) is 4.79 Å². The highest BCUT2D eigenvalue weighted by atomic mass is 32.2. The van der Waals surface area contributed by atoms with Crippen molar-refractivity contribution in [3.05, 3.63) is 29.6 Å². The van der Waals surface area contributed by atoms with Crippen LogP contribution in [0.5, 0.6) is 0 Å². The summed E-state index contributed by atoms with van der Waals surface area (Å²) in [5.74, 6) is -0.558. The van der Waals surface area contributed by atoms with Crippen molar-refractivity contribution >= 4 is 17.7 Å². The normalized spacial score (nSPS) is 12.2. The molecule has 17 heavy (non-hydrogen) atoms. The molecule has 0 fully saturated rings. The molecule has 5 heteroatoms. The molecule has 94 valence electrons. The van der Waals surface area contributed by atoms with Crippen LogP contribution in [0.4, 0.5) is 4.39 Å². The van der Waals surface area contributed by atoms with Crippen molar-refractivity contribution < 1.29 is 14.3 Å². The van der Waals surface area contributed by atoms with Crippen LogP contribution >= 0.6 is 11.8 Å². The summed E-state index contributed by atoms with van der Waals surface area (Å²) in [5.41, 5.74) is 0.431. The highest BCUT2D eigenvalue weighted by Gasteiger charge is 2.10. The molecule has 0 heterocycles. The van der Waals surface area contributed by atoms with Gasteiger partial charge >= 0.3 is 0 Å². The second kappa shape index (κ2) is 6.61. The summed E-state index contributed by atoms with van der Waals surface area (Å²) < 4.78 is 13.2. The molecule has 0 aromatic heterocycles. The van der Waals surface area contributed by atoms with E-state index in [9.17, 15) is 9.18 Å². The third kappa shape index (κ3) is 4.02. The standard InChI is InChI=1S/C12H16FNO2S/c1-8(7-15)6-14-12(16)9-3-4-10(13)11(5-9)17-2/h3-5,8,15H,6-7H2,1-2H3,(H,14,16). The van der Waals surface area contributed by atoms with E-state index in [1.807, 2.05) is 6.92 Å². The maximum Gasteiger partial charge on any atom is 0.251 e. The van der Waals surface area contributed by atoms with Crippen LogP contribution in [0.2, 0.25) is 0 Å². The van der Waals surface area contributed by atoms with Gasteiger partial charge in [-0.05, 0) is 30.4 Å². The Hall–Kier alpha value is -1.07. The fourth-order valence-corrected chi connectivity index (χ4v) is 1.74. The Morgan fingerprint density at radius 3 is 2.88 bits per heavy atom. The predicted octanol–water partition coefficient (Wildman–Crippen LogP) is 1.91. The van der Waals surface area contributed by atoms with Gasteiger partial charge in [-0.25, -0.2) is 4.39 Å². The van der Waals surface area contributed by atoms with Gasteiger partial charge in [-0.2, -0.15) is 0 Å². The lowest BCUT2D eigenvalue weighted by atomic mass is 10.1. The molecular weight excluding hydrogens is 241 g/mol. The molecule has 0 saturated carbocycles. The maximum atomic E-state index is 13.2. The number of hydrogen-bond acceptors (Lipinski definition) is 3. The van der Waals surface area contributed by atoms with Gasteiger partial charge in [0.2, 0.25) is 0 Å². The first-order valence-electron chi connectivity index (χ1n) is 5.31. The van der Waals surface area contributed by atoms with Gasteiger partial charge in [0.25, 0.3) is 5.91 Å². The predicted molar refractivity (Wildman–Crippen MR) is 66.8 cm³/mol. The zero-order valence-corrected chi connectivity index (χ0v) is 10.7. The second-order valence-corrected chi connectivity index (χ2v) is 4.70. The number of carbonyl (C=O) groups excluding carboxylic acids is 1. The Kier molecular flexibility index (Phi) is 5.44. The van der Waals surface area contributed by atoms with E-state index in [0.717, 1.165) is 0 Å². The quantitative estimate of drug-likeness (QED) is 0.792. The molecule has 1 rings (SSSR count). The summed E-state index contributed by atoms with van der Waals surface area (Å²) in [5, 5.41) is 11.5. The number of carbonyl (C=O) groups is 1. The van der Waals surface area contributed by atoms with Gasteiger partial charge in [0.05, 0.1) is 0 Å². The molecule has 0 aliphatic carbocycles. The zero-order valence-electron chi connectivity index (χ0n) is 9.87. The van der Waals surface area contributed by atoms with E-state index in [4.69, 9.17) is 5.11 Å². The molecule has 2 N–H and O–H groups in total. The number of nitrogens with one attached hydrogen (secondary N) is 1. The van der Waals surface area contributed by atoms with Crippen molar-refractivity contribution in [2.45, 2.75) is 11.8 Å². The third-order valence-electron chi connectivity index (χ3n) is 2.34. The average molecular weight is 257 g/mol. The van der Waals surface area contributed by atoms with Crippen LogP contribution in [0.1, 0.15) is 17.3 Å². The van der Waals surface area contributed by atoms with Crippen molar-refractivity contribution in [2.24, 2.45) is 5.92 Å². The van der Waals surface area contributed by atoms with Crippen molar-refractivity contribution in [3.63, 3.8) is 0 Å². The first-order chi connectivity index (χ1) is 8.08. The van der Waals surface area contributed by atoms with E-state index in [0.29, 0.717) is 17.0 Å².